The van der Waals surface area contributed by atoms with E-state index in [9.17, 15) is 22.8 Å². The maximum absolute atomic E-state index is 13.4. The number of rotatable bonds is 8. The molecule has 1 atom stereocenters. The molecule has 33 heavy (non-hydrogen) atoms. The lowest BCUT2D eigenvalue weighted by atomic mass is 10.0. The fourth-order valence-electron chi connectivity index (χ4n) is 3.51. The number of piperazine rings is 1. The van der Waals surface area contributed by atoms with Crippen LogP contribution in [-0.4, -0.2) is 69.3 Å². The Morgan fingerprint density at radius 2 is 1.97 bits per heavy atom. The number of carbonyl (C=O) groups is 2. The minimum absolute atomic E-state index is 0.0135. The van der Waals surface area contributed by atoms with Crippen LogP contribution in [0.1, 0.15) is 31.4 Å². The molecule has 0 aromatic heterocycles. The number of urea groups is 1. The average molecular weight is 470 g/mol. The van der Waals surface area contributed by atoms with Crippen LogP contribution in [0.25, 0.3) is 0 Å². The van der Waals surface area contributed by atoms with E-state index in [0.29, 0.717) is 12.5 Å². The molecule has 0 saturated carbocycles. The Balaban J connectivity index is 2.24. The number of hydrogen-bond donors (Lipinski definition) is 2. The van der Waals surface area contributed by atoms with Gasteiger partial charge in [0.2, 0.25) is 5.91 Å². The second kappa shape index (κ2) is 11.7. The highest BCUT2D eigenvalue weighted by atomic mass is 19.4. The summed E-state index contributed by atoms with van der Waals surface area (Å²) in [6.07, 6.45) is -3.90. The third-order valence-corrected chi connectivity index (χ3v) is 5.34. The molecule has 1 aliphatic heterocycles. The molecule has 0 radical (unpaired) electrons. The molecule has 8 nitrogen and oxygen atoms in total. The third kappa shape index (κ3) is 7.25. The van der Waals surface area contributed by atoms with Crippen LogP contribution in [0.2, 0.25) is 0 Å². The van der Waals surface area contributed by atoms with Gasteiger partial charge in [-0.1, -0.05) is 13.8 Å². The monoisotopic (exact) mass is 469 g/mol. The Bertz CT molecular complexity index is 870. The van der Waals surface area contributed by atoms with Crippen LogP contribution < -0.4 is 15.5 Å². The van der Waals surface area contributed by atoms with Crippen molar-refractivity contribution in [2.45, 2.75) is 32.5 Å². The number of benzene rings is 1. The highest BCUT2D eigenvalue weighted by molar-refractivity contribution is 5.88. The van der Waals surface area contributed by atoms with Crippen molar-refractivity contribution in [3.8, 4) is 6.07 Å². The maximum atomic E-state index is 13.4. The Labute approximate surface area is 191 Å². The van der Waals surface area contributed by atoms with Crippen molar-refractivity contribution in [3.63, 3.8) is 0 Å². The standard InChI is InChI=1S/C22H30F3N5O3/c1-15(2)6-7-28-21(32)30-10-9-29(14-19(30)20(31)27-8-11-33-3)17-5-4-16(13-26)18(12-17)22(23,24)25/h4-5,12,15,19H,6-11,14H2,1-3H3,(H,27,31)(H,28,32). The van der Waals surface area contributed by atoms with Crippen molar-refractivity contribution in [2.75, 3.05) is 51.3 Å². The quantitative estimate of drug-likeness (QED) is 0.571. The molecule has 1 aromatic carbocycles. The van der Waals surface area contributed by atoms with E-state index in [1.807, 2.05) is 13.8 Å². The Morgan fingerprint density at radius 1 is 1.24 bits per heavy atom. The number of halogens is 3. The molecule has 11 heteroatoms. The summed E-state index contributed by atoms with van der Waals surface area (Å²) in [6, 6.07) is 3.73. The zero-order chi connectivity index (χ0) is 24.6. The normalized spacial score (nSPS) is 16.5. The summed E-state index contributed by atoms with van der Waals surface area (Å²) < 4.78 is 45.1. The van der Waals surface area contributed by atoms with Gasteiger partial charge >= 0.3 is 12.2 Å². The van der Waals surface area contributed by atoms with E-state index in [2.05, 4.69) is 10.6 Å². The number of nitriles is 1. The molecule has 2 N–H and O–H groups in total. The van der Waals surface area contributed by atoms with Crippen LogP contribution in [0.15, 0.2) is 18.2 Å². The van der Waals surface area contributed by atoms with Gasteiger partial charge in [-0.15, -0.1) is 0 Å². The predicted molar refractivity (Wildman–Crippen MR) is 117 cm³/mol. The van der Waals surface area contributed by atoms with Crippen LogP contribution in [0.4, 0.5) is 23.7 Å². The van der Waals surface area contributed by atoms with Crippen LogP contribution >= 0.6 is 0 Å². The lowest BCUT2D eigenvalue weighted by Crippen LogP contribution is -2.62. The molecule has 3 amide bonds. The molecule has 1 heterocycles. The first-order chi connectivity index (χ1) is 15.6. The van der Waals surface area contributed by atoms with Crippen LogP contribution in [0.3, 0.4) is 0 Å². The van der Waals surface area contributed by atoms with E-state index in [0.717, 1.165) is 18.6 Å². The Kier molecular flexibility index (Phi) is 9.34. The van der Waals surface area contributed by atoms with Crippen molar-refractivity contribution in [1.29, 1.82) is 5.26 Å². The summed E-state index contributed by atoms with van der Waals surface area (Å²) in [4.78, 5) is 28.6. The summed E-state index contributed by atoms with van der Waals surface area (Å²) in [5.41, 5.74) is -1.27. The Hall–Kier alpha value is -3.00. The molecule has 0 aliphatic carbocycles. The van der Waals surface area contributed by atoms with E-state index < -0.39 is 35.3 Å². The van der Waals surface area contributed by atoms with Crippen LogP contribution in [-0.2, 0) is 15.7 Å². The first kappa shape index (κ1) is 26.3. The second-order valence-electron chi connectivity index (χ2n) is 8.19. The first-order valence-corrected chi connectivity index (χ1v) is 10.8. The summed E-state index contributed by atoms with van der Waals surface area (Å²) in [7, 11) is 1.49. The zero-order valence-corrected chi connectivity index (χ0v) is 19.0. The lowest BCUT2D eigenvalue weighted by molar-refractivity contribution is -0.137. The second-order valence-corrected chi connectivity index (χ2v) is 8.19. The zero-order valence-electron chi connectivity index (χ0n) is 19.0. The van der Waals surface area contributed by atoms with Gasteiger partial charge in [0.25, 0.3) is 0 Å². The van der Waals surface area contributed by atoms with Gasteiger partial charge in [0.05, 0.1) is 23.8 Å². The van der Waals surface area contributed by atoms with Crippen molar-refractivity contribution >= 4 is 17.6 Å². The molecular formula is C22H30F3N5O3. The number of hydrogen-bond acceptors (Lipinski definition) is 5. The van der Waals surface area contributed by atoms with Gasteiger partial charge < -0.3 is 25.2 Å². The fourth-order valence-corrected chi connectivity index (χ4v) is 3.51. The van der Waals surface area contributed by atoms with E-state index in [1.54, 1.807) is 11.0 Å². The smallest absolute Gasteiger partial charge is 0.383 e. The SMILES string of the molecule is COCCNC(=O)C1CN(c2ccc(C#N)c(C(F)(F)F)c2)CCN1C(=O)NCCC(C)C. The summed E-state index contributed by atoms with van der Waals surface area (Å²) in [5, 5.41) is 14.5. The van der Waals surface area contributed by atoms with Crippen molar-refractivity contribution < 1.29 is 27.5 Å². The van der Waals surface area contributed by atoms with Gasteiger partial charge in [0, 0.05) is 45.5 Å². The number of ether oxygens (including phenoxy) is 1. The van der Waals surface area contributed by atoms with Crippen molar-refractivity contribution in [2.24, 2.45) is 5.92 Å². The van der Waals surface area contributed by atoms with Crippen molar-refractivity contribution in [1.82, 2.24) is 15.5 Å². The minimum atomic E-state index is -4.68. The molecule has 1 fully saturated rings. The molecular weight excluding hydrogens is 439 g/mol. The molecule has 1 saturated heterocycles. The number of alkyl halides is 3. The highest BCUT2D eigenvalue weighted by Crippen LogP contribution is 2.35. The van der Waals surface area contributed by atoms with Gasteiger partial charge in [-0.25, -0.2) is 4.79 Å². The van der Waals surface area contributed by atoms with Gasteiger partial charge in [0.15, 0.2) is 0 Å². The molecule has 2 rings (SSSR count). The molecule has 0 bridgehead atoms. The Morgan fingerprint density at radius 3 is 2.58 bits per heavy atom. The van der Waals surface area contributed by atoms with Gasteiger partial charge in [-0.2, -0.15) is 18.4 Å². The predicted octanol–water partition coefficient (Wildman–Crippen LogP) is 2.59. The van der Waals surface area contributed by atoms with Crippen LogP contribution in [0.5, 0.6) is 0 Å². The third-order valence-electron chi connectivity index (χ3n) is 5.34. The molecule has 1 aliphatic rings. The van der Waals surface area contributed by atoms with E-state index in [1.165, 1.54) is 18.1 Å². The first-order valence-electron chi connectivity index (χ1n) is 10.8. The van der Waals surface area contributed by atoms with Crippen molar-refractivity contribution in [3.05, 3.63) is 29.3 Å². The largest absolute Gasteiger partial charge is 0.417 e. The average Bonchev–Trinajstić information content (AvgIpc) is 2.77. The summed E-state index contributed by atoms with van der Waals surface area (Å²) in [5.74, 6) is -0.0186. The summed E-state index contributed by atoms with van der Waals surface area (Å²) >= 11 is 0. The molecule has 0 spiro atoms. The van der Waals surface area contributed by atoms with Crippen LogP contribution in [0, 0.1) is 17.2 Å². The maximum Gasteiger partial charge on any atom is 0.417 e. The van der Waals surface area contributed by atoms with Gasteiger partial charge in [-0.05, 0) is 30.5 Å². The summed E-state index contributed by atoms with van der Waals surface area (Å²) in [6.45, 7) is 5.45. The minimum Gasteiger partial charge on any atom is -0.383 e. The number of amides is 3. The number of nitrogens with one attached hydrogen (secondary N) is 2. The van der Waals surface area contributed by atoms with E-state index >= 15 is 0 Å². The number of carbonyl (C=O) groups excluding carboxylic acids is 2. The highest BCUT2D eigenvalue weighted by Gasteiger charge is 2.37. The van der Waals surface area contributed by atoms with Gasteiger partial charge in [0.1, 0.15) is 6.04 Å². The fraction of sp³-hybridized carbons (Fsp3) is 0.591. The number of methoxy groups -OCH3 is 1. The van der Waals surface area contributed by atoms with E-state index in [-0.39, 0.29) is 38.5 Å². The molecule has 1 aromatic rings. The topological polar surface area (TPSA) is 97.7 Å². The molecule has 1 unspecified atom stereocenters. The number of nitrogens with zero attached hydrogens (tertiary/aromatic N) is 3. The van der Waals surface area contributed by atoms with Gasteiger partial charge in [-0.3, -0.25) is 4.79 Å². The number of anilines is 1. The van der Waals surface area contributed by atoms with E-state index in [4.69, 9.17) is 10.00 Å². The molecule has 182 valence electrons. The lowest BCUT2D eigenvalue weighted by Gasteiger charge is -2.41.